The molecule has 1 saturated heterocycles. The molecule has 28 heteroatoms. The SMILES string of the molecule is CC[C@H](C)[C@H](NC(=O)[C@@]1(C)CCCN1C)C(=O)N(C)[C@H](C[C@@H](OC(C)=O)c1nc(C(=O)N[C@@H](Cc2ccc(NC(=O)OCc3ccc(NC(=O)[C@H](CCCNC(N)=O)NC(=O)[C@@H](NC(=O)CCCCCN4C(=O)C=CC4=O)C(C)C)cc3)cc2)C[C@H](C)C(=O)O)cs1)C(C)C. The number of amides is 11. The highest BCUT2D eigenvalue weighted by Gasteiger charge is 2.44. The van der Waals surface area contributed by atoms with Crippen LogP contribution in [-0.4, -0.2) is 166 Å². The van der Waals surface area contributed by atoms with Crippen LogP contribution in [0.1, 0.15) is 166 Å². The minimum atomic E-state index is -1.10. The number of nitrogens with zero attached hydrogens (tertiary/aromatic N) is 4. The number of likely N-dealkylation sites (N-methyl/N-ethyl adjacent to an activating group) is 2. The molecule has 0 bridgehead atoms. The van der Waals surface area contributed by atoms with Crippen LogP contribution in [0.2, 0.25) is 0 Å². The minimum absolute atomic E-state index is 0.0121. The van der Waals surface area contributed by atoms with Crippen molar-refractivity contribution < 1.29 is 72.1 Å². The molecule has 0 spiro atoms. The fourth-order valence-corrected chi connectivity index (χ4v) is 12.0. The lowest BCUT2D eigenvalue weighted by Gasteiger charge is -2.38. The van der Waals surface area contributed by atoms with Crippen molar-refractivity contribution in [3.63, 3.8) is 0 Å². The third-order valence-electron chi connectivity index (χ3n) is 17.4. The molecule has 1 aromatic heterocycles. The lowest BCUT2D eigenvalue weighted by atomic mass is 9.91. The van der Waals surface area contributed by atoms with E-state index in [9.17, 15) is 62.6 Å². The number of aromatic nitrogens is 1. The number of hydrogen-bond acceptors (Lipinski definition) is 17. The molecule has 10 N–H and O–H groups in total. The molecular formula is C67H96N12O15S. The molecule has 11 amide bonds. The molecule has 0 saturated carbocycles. The zero-order valence-corrected chi connectivity index (χ0v) is 57.2. The number of carbonyl (C=O) groups is 12. The molecule has 3 aromatic rings. The number of ether oxygens (including phenoxy) is 2. The van der Waals surface area contributed by atoms with Gasteiger partial charge in [0.15, 0.2) is 6.10 Å². The van der Waals surface area contributed by atoms with Crippen LogP contribution in [0.3, 0.4) is 0 Å². The molecule has 0 radical (unpaired) electrons. The Morgan fingerprint density at radius 1 is 0.789 bits per heavy atom. The van der Waals surface area contributed by atoms with Crippen molar-refractivity contribution in [2.45, 2.75) is 188 Å². The molecule has 2 aromatic carbocycles. The van der Waals surface area contributed by atoms with Gasteiger partial charge in [0.2, 0.25) is 29.5 Å². The van der Waals surface area contributed by atoms with Crippen LogP contribution in [0.25, 0.3) is 0 Å². The van der Waals surface area contributed by atoms with Gasteiger partial charge < -0.3 is 57.1 Å². The van der Waals surface area contributed by atoms with Crippen LogP contribution in [0.5, 0.6) is 0 Å². The van der Waals surface area contributed by atoms with E-state index in [0.717, 1.165) is 29.2 Å². The van der Waals surface area contributed by atoms with Crippen LogP contribution >= 0.6 is 11.3 Å². The number of hydrogen-bond donors (Lipinski definition) is 9. The average Bonchev–Trinajstić information content (AvgIpc) is 1.76. The van der Waals surface area contributed by atoms with Crippen LogP contribution in [0, 0.1) is 23.7 Å². The predicted octanol–water partition coefficient (Wildman–Crippen LogP) is 6.33. The zero-order valence-electron chi connectivity index (χ0n) is 56.4. The summed E-state index contributed by atoms with van der Waals surface area (Å²) in [5.74, 6) is -6.60. The number of primary amides is 1. The van der Waals surface area contributed by atoms with Crippen molar-refractivity contribution >= 4 is 94.0 Å². The summed E-state index contributed by atoms with van der Waals surface area (Å²) in [5.41, 5.74) is 6.48. The lowest BCUT2D eigenvalue weighted by molar-refractivity contribution is -0.149. The summed E-state index contributed by atoms with van der Waals surface area (Å²) in [7, 11) is 3.58. The number of unbranched alkanes of at least 4 members (excludes halogenated alkanes) is 2. The van der Waals surface area contributed by atoms with Crippen LogP contribution in [-0.2, 0) is 65.7 Å². The standard InChI is InChI=1S/C67H96N12O15S/c1-12-41(6)57(76-64(90)67(9)30-17-32-77(67)10)62(87)78(11)51(39(2)3)36-52(94-43(8)80)61-74-50(38-95-61)59(85)71-48(34-42(7)63(88)89)35-44-20-24-47(25-21-44)72-66(92)93-37-45-22-26-46(27-23-45)70-58(84)49(18-16-31-69-65(68)91)73-60(86)56(40(4)5)75-53(81)19-14-13-15-33-79-54(82)28-29-55(79)83/h20-29,38-42,48-49,51-52,56-57H,12-19,30-37H2,1-11H3,(H,70,84)(H,71,85)(H,72,92)(H,73,86)(H,75,81)(H,76,90)(H,88,89)(H3,68,69,91)/t41-,42-,48+,49-,51+,52+,56-,57-,67+/m0/s1. The summed E-state index contributed by atoms with van der Waals surface area (Å²) in [4.78, 5) is 165. The first kappa shape index (κ1) is 76.9. The van der Waals surface area contributed by atoms with Crippen molar-refractivity contribution in [3.8, 4) is 0 Å². The van der Waals surface area contributed by atoms with Crippen molar-refractivity contribution in [1.82, 2.24) is 46.3 Å². The Balaban J connectivity index is 1.15. The minimum Gasteiger partial charge on any atom is -0.481 e. The van der Waals surface area contributed by atoms with Gasteiger partial charge in [-0.15, -0.1) is 11.3 Å². The molecule has 95 heavy (non-hydrogen) atoms. The Kier molecular flexibility index (Phi) is 29.8. The number of carboxylic acid groups (broad SMARTS) is 1. The first-order valence-corrected chi connectivity index (χ1v) is 33.3. The zero-order chi connectivity index (χ0) is 70.3. The summed E-state index contributed by atoms with van der Waals surface area (Å²) in [5, 5.41) is 31.2. The first-order valence-electron chi connectivity index (χ1n) is 32.4. The van der Waals surface area contributed by atoms with Gasteiger partial charge in [-0.2, -0.15) is 0 Å². The number of rotatable bonds is 37. The third-order valence-corrected chi connectivity index (χ3v) is 18.3. The van der Waals surface area contributed by atoms with Gasteiger partial charge >= 0.3 is 24.1 Å². The first-order chi connectivity index (χ1) is 44.9. The Morgan fingerprint density at radius 3 is 2.01 bits per heavy atom. The number of carboxylic acids is 1. The number of nitrogens with one attached hydrogen (secondary N) is 7. The van der Waals surface area contributed by atoms with Gasteiger partial charge in [0.05, 0.1) is 11.5 Å². The highest BCUT2D eigenvalue weighted by molar-refractivity contribution is 7.09. The molecule has 5 rings (SSSR count). The fourth-order valence-electron chi connectivity index (χ4n) is 11.2. The van der Waals surface area contributed by atoms with Gasteiger partial charge in [0.25, 0.3) is 17.7 Å². The van der Waals surface area contributed by atoms with Crippen LogP contribution < -0.4 is 43.0 Å². The van der Waals surface area contributed by atoms with Gasteiger partial charge in [0.1, 0.15) is 35.4 Å². The number of aliphatic carboxylic acids is 1. The maximum Gasteiger partial charge on any atom is 0.411 e. The number of urea groups is 1. The highest BCUT2D eigenvalue weighted by atomic mass is 32.1. The molecule has 9 atom stereocenters. The number of benzene rings is 2. The van der Waals surface area contributed by atoms with E-state index in [2.05, 4.69) is 42.2 Å². The molecule has 1 fully saturated rings. The second-order valence-corrected chi connectivity index (χ2v) is 26.4. The second kappa shape index (κ2) is 36.8. The van der Waals surface area contributed by atoms with Gasteiger partial charge in [-0.3, -0.25) is 63.1 Å². The van der Waals surface area contributed by atoms with Crippen molar-refractivity contribution in [1.29, 1.82) is 0 Å². The number of imide groups is 1. The topological polar surface area (TPSA) is 376 Å². The van der Waals surface area contributed by atoms with E-state index in [-0.39, 0.29) is 111 Å². The maximum absolute atomic E-state index is 14.4. The van der Waals surface area contributed by atoms with Gasteiger partial charge in [-0.1, -0.05) is 85.6 Å². The monoisotopic (exact) mass is 1340 g/mol. The molecule has 27 nitrogen and oxygen atoms in total. The highest BCUT2D eigenvalue weighted by Crippen LogP contribution is 2.33. The second-order valence-electron chi connectivity index (χ2n) is 25.5. The number of nitrogens with two attached hydrogens (primary N) is 1. The van der Waals surface area contributed by atoms with Gasteiger partial charge in [0, 0.05) is 80.9 Å². The van der Waals surface area contributed by atoms with E-state index in [1.165, 1.54) is 31.4 Å². The Morgan fingerprint density at radius 2 is 1.43 bits per heavy atom. The summed E-state index contributed by atoms with van der Waals surface area (Å²) in [6.07, 6.45) is 5.19. The lowest BCUT2D eigenvalue weighted by Crippen LogP contribution is -2.60. The molecule has 2 aliphatic rings. The molecule has 0 unspecified atom stereocenters. The number of thiazole rings is 1. The Bertz CT molecular complexity index is 3190. The summed E-state index contributed by atoms with van der Waals surface area (Å²) < 4.78 is 11.3. The number of carbonyl (C=O) groups excluding carboxylic acids is 11. The fraction of sp³-hybridized carbons (Fsp3) is 0.567. The molecule has 520 valence electrons. The Hall–Kier alpha value is -8.79. The number of likely N-dealkylation sites (tertiary alicyclic amines) is 1. The predicted molar refractivity (Wildman–Crippen MR) is 356 cm³/mol. The molecular weight excluding hydrogens is 1240 g/mol. The summed E-state index contributed by atoms with van der Waals surface area (Å²) in [6.45, 7) is 16.9. The average molecular weight is 1340 g/mol. The quantitative estimate of drug-likeness (QED) is 0.0173. The van der Waals surface area contributed by atoms with E-state index >= 15 is 0 Å². The van der Waals surface area contributed by atoms with Crippen molar-refractivity contribution in [2.75, 3.05) is 44.4 Å². The number of esters is 1. The van der Waals surface area contributed by atoms with E-state index in [1.807, 2.05) is 46.6 Å². The van der Waals surface area contributed by atoms with Crippen molar-refractivity contribution in [2.24, 2.45) is 29.4 Å². The normalized spacial score (nSPS) is 17.1. The largest absolute Gasteiger partial charge is 0.481 e. The summed E-state index contributed by atoms with van der Waals surface area (Å²) in [6, 6.07) is 8.24. The van der Waals surface area contributed by atoms with Crippen LogP contribution in [0.4, 0.5) is 21.0 Å². The molecule has 2 aliphatic heterocycles. The van der Waals surface area contributed by atoms with E-state index < -0.39 is 89.6 Å². The van der Waals surface area contributed by atoms with E-state index in [0.29, 0.717) is 59.6 Å². The van der Waals surface area contributed by atoms with E-state index in [1.54, 1.807) is 74.3 Å². The molecule has 0 aliphatic carbocycles. The smallest absolute Gasteiger partial charge is 0.411 e. The van der Waals surface area contributed by atoms with Crippen LogP contribution in [0.15, 0.2) is 66.1 Å². The molecule has 3 heterocycles. The third kappa shape index (κ3) is 23.6. The van der Waals surface area contributed by atoms with Gasteiger partial charge in [-0.25, -0.2) is 14.6 Å². The Labute approximate surface area is 559 Å². The van der Waals surface area contributed by atoms with Crippen molar-refractivity contribution in [3.05, 3.63) is 87.9 Å². The number of anilines is 2. The maximum atomic E-state index is 14.4. The van der Waals surface area contributed by atoms with Gasteiger partial charge in [-0.05, 0) is 125 Å². The summed E-state index contributed by atoms with van der Waals surface area (Å²) >= 11 is 1.10. The van der Waals surface area contributed by atoms with E-state index in [4.69, 9.17) is 15.2 Å².